The molecule has 0 unspecified atom stereocenters. The SMILES string of the molecule is c1ccc(-c2ccccc2CCCCCCc2ccccc2-c2ccccc2)cc1. The van der Waals surface area contributed by atoms with Crippen molar-refractivity contribution in [3.05, 3.63) is 120 Å². The highest BCUT2D eigenvalue weighted by Crippen LogP contribution is 2.26. The standard InChI is InChI=1S/C30H30/c1(5-15-27-21-11-13-23-29(27)25-17-7-3-8-18-25)2-6-16-28-22-12-14-24-30(28)26-19-9-4-10-20-26/h3-4,7-14,17-24H,1-2,5-6,15-16H2. The Labute approximate surface area is 181 Å². The van der Waals surface area contributed by atoms with Gasteiger partial charge < -0.3 is 0 Å². The van der Waals surface area contributed by atoms with Gasteiger partial charge in [-0.05, 0) is 59.1 Å². The highest BCUT2D eigenvalue weighted by atomic mass is 14.1. The molecule has 0 fully saturated rings. The maximum absolute atomic E-state index is 2.29. The molecule has 4 aromatic carbocycles. The molecule has 0 nitrogen and oxygen atoms in total. The second kappa shape index (κ2) is 10.6. The summed E-state index contributed by atoms with van der Waals surface area (Å²) in [5.41, 5.74) is 8.36. The summed E-state index contributed by atoms with van der Waals surface area (Å²) in [5, 5.41) is 0. The van der Waals surface area contributed by atoms with E-state index in [1.807, 2.05) is 0 Å². The van der Waals surface area contributed by atoms with E-state index in [9.17, 15) is 0 Å². The summed E-state index contributed by atoms with van der Waals surface area (Å²) in [6.07, 6.45) is 7.40. The summed E-state index contributed by atoms with van der Waals surface area (Å²) in [5.74, 6) is 0. The van der Waals surface area contributed by atoms with Crippen LogP contribution in [0.25, 0.3) is 22.3 Å². The van der Waals surface area contributed by atoms with Crippen molar-refractivity contribution in [1.29, 1.82) is 0 Å². The first-order chi connectivity index (χ1) is 14.9. The van der Waals surface area contributed by atoms with Crippen molar-refractivity contribution in [3.8, 4) is 22.3 Å². The second-order valence-electron chi connectivity index (χ2n) is 7.96. The van der Waals surface area contributed by atoms with Gasteiger partial charge in [-0.2, -0.15) is 0 Å². The normalized spacial score (nSPS) is 10.8. The van der Waals surface area contributed by atoms with Crippen LogP contribution in [0.3, 0.4) is 0 Å². The van der Waals surface area contributed by atoms with Gasteiger partial charge in [0.2, 0.25) is 0 Å². The van der Waals surface area contributed by atoms with Gasteiger partial charge in [-0.25, -0.2) is 0 Å². The van der Waals surface area contributed by atoms with Crippen LogP contribution in [0.1, 0.15) is 36.8 Å². The molecule has 0 amide bonds. The molecule has 0 atom stereocenters. The Hall–Kier alpha value is -3.12. The monoisotopic (exact) mass is 390 g/mol. The molecule has 0 aromatic heterocycles. The third kappa shape index (κ3) is 5.27. The molecule has 0 aliphatic carbocycles. The minimum atomic E-state index is 1.16. The first kappa shape index (κ1) is 20.2. The summed E-state index contributed by atoms with van der Waals surface area (Å²) >= 11 is 0. The molecule has 0 N–H and O–H groups in total. The zero-order valence-corrected chi connectivity index (χ0v) is 17.6. The van der Waals surface area contributed by atoms with E-state index in [4.69, 9.17) is 0 Å². The van der Waals surface area contributed by atoms with Gasteiger partial charge in [0, 0.05) is 0 Å². The molecule has 0 heteroatoms. The summed E-state index contributed by atoms with van der Waals surface area (Å²) in [6, 6.07) is 39.2. The van der Waals surface area contributed by atoms with Crippen LogP contribution in [-0.2, 0) is 12.8 Å². The Bertz CT molecular complexity index is 945. The molecule has 0 saturated carbocycles. The number of hydrogen-bond acceptors (Lipinski definition) is 0. The molecule has 0 bridgehead atoms. The highest BCUT2D eigenvalue weighted by Gasteiger charge is 2.06. The quantitative estimate of drug-likeness (QED) is 0.252. The number of aryl methyl sites for hydroxylation is 2. The van der Waals surface area contributed by atoms with Gasteiger partial charge in [0.05, 0.1) is 0 Å². The van der Waals surface area contributed by atoms with E-state index in [1.54, 1.807) is 0 Å². The minimum absolute atomic E-state index is 1.16. The van der Waals surface area contributed by atoms with Crippen LogP contribution < -0.4 is 0 Å². The molecular formula is C30H30. The molecule has 0 spiro atoms. The minimum Gasteiger partial charge on any atom is -0.0622 e. The van der Waals surface area contributed by atoms with Gasteiger partial charge in [-0.1, -0.05) is 122 Å². The Kier molecular flexibility index (Phi) is 7.12. The van der Waals surface area contributed by atoms with Crippen LogP contribution in [0.15, 0.2) is 109 Å². The first-order valence-corrected chi connectivity index (χ1v) is 11.2. The summed E-state index contributed by atoms with van der Waals surface area (Å²) in [4.78, 5) is 0. The van der Waals surface area contributed by atoms with Gasteiger partial charge in [0.1, 0.15) is 0 Å². The van der Waals surface area contributed by atoms with Gasteiger partial charge in [-0.15, -0.1) is 0 Å². The van der Waals surface area contributed by atoms with Crippen molar-refractivity contribution in [2.24, 2.45) is 0 Å². The van der Waals surface area contributed by atoms with Crippen LogP contribution >= 0.6 is 0 Å². The molecule has 150 valence electrons. The number of benzene rings is 4. The number of rotatable bonds is 9. The number of unbranched alkanes of at least 4 members (excludes halogenated alkanes) is 3. The molecule has 4 rings (SSSR count). The Morgan fingerprint density at radius 2 is 0.700 bits per heavy atom. The fourth-order valence-corrected chi connectivity index (χ4v) is 4.26. The van der Waals surface area contributed by atoms with E-state index in [1.165, 1.54) is 59.1 Å². The molecule has 0 radical (unpaired) electrons. The smallest absolute Gasteiger partial charge is 0.0152 e. The molecular weight excluding hydrogens is 360 g/mol. The zero-order chi connectivity index (χ0) is 20.4. The molecule has 30 heavy (non-hydrogen) atoms. The van der Waals surface area contributed by atoms with E-state index in [0.29, 0.717) is 0 Å². The van der Waals surface area contributed by atoms with Crippen LogP contribution in [0, 0.1) is 0 Å². The highest BCUT2D eigenvalue weighted by molar-refractivity contribution is 5.68. The number of hydrogen-bond donors (Lipinski definition) is 0. The van der Waals surface area contributed by atoms with Crippen LogP contribution in [0.2, 0.25) is 0 Å². The fourth-order valence-electron chi connectivity index (χ4n) is 4.26. The van der Waals surface area contributed by atoms with Crippen molar-refractivity contribution < 1.29 is 0 Å². The lowest BCUT2D eigenvalue weighted by Crippen LogP contribution is -1.93. The molecule has 0 aliphatic rings. The average molecular weight is 391 g/mol. The maximum Gasteiger partial charge on any atom is -0.0152 e. The van der Waals surface area contributed by atoms with E-state index in [2.05, 4.69) is 109 Å². The largest absolute Gasteiger partial charge is 0.0622 e. The summed E-state index contributed by atoms with van der Waals surface area (Å²) in [6.45, 7) is 0. The lowest BCUT2D eigenvalue weighted by Gasteiger charge is -2.11. The van der Waals surface area contributed by atoms with Gasteiger partial charge in [-0.3, -0.25) is 0 Å². The third-order valence-corrected chi connectivity index (χ3v) is 5.85. The predicted molar refractivity (Wildman–Crippen MR) is 130 cm³/mol. The third-order valence-electron chi connectivity index (χ3n) is 5.85. The van der Waals surface area contributed by atoms with E-state index in [-0.39, 0.29) is 0 Å². The van der Waals surface area contributed by atoms with Crippen LogP contribution in [0.4, 0.5) is 0 Å². The van der Waals surface area contributed by atoms with E-state index >= 15 is 0 Å². The first-order valence-electron chi connectivity index (χ1n) is 11.2. The molecule has 0 aliphatic heterocycles. The lowest BCUT2D eigenvalue weighted by molar-refractivity contribution is 0.641. The maximum atomic E-state index is 2.29. The Morgan fingerprint density at radius 3 is 1.13 bits per heavy atom. The molecule has 0 heterocycles. The average Bonchev–Trinajstić information content (AvgIpc) is 2.83. The van der Waals surface area contributed by atoms with Crippen LogP contribution in [0.5, 0.6) is 0 Å². The zero-order valence-electron chi connectivity index (χ0n) is 17.6. The van der Waals surface area contributed by atoms with E-state index < -0.39 is 0 Å². The Balaban J connectivity index is 1.28. The summed E-state index contributed by atoms with van der Waals surface area (Å²) in [7, 11) is 0. The lowest BCUT2D eigenvalue weighted by atomic mass is 9.94. The molecule has 4 aromatic rings. The van der Waals surface area contributed by atoms with Gasteiger partial charge >= 0.3 is 0 Å². The Morgan fingerprint density at radius 1 is 0.333 bits per heavy atom. The van der Waals surface area contributed by atoms with E-state index in [0.717, 1.165) is 12.8 Å². The van der Waals surface area contributed by atoms with Crippen molar-refractivity contribution in [3.63, 3.8) is 0 Å². The topological polar surface area (TPSA) is 0 Å². The predicted octanol–water partition coefficient (Wildman–Crippen LogP) is 8.37. The second-order valence-corrected chi connectivity index (χ2v) is 7.96. The van der Waals surface area contributed by atoms with Gasteiger partial charge in [0.25, 0.3) is 0 Å². The van der Waals surface area contributed by atoms with Crippen molar-refractivity contribution in [2.45, 2.75) is 38.5 Å². The van der Waals surface area contributed by atoms with Crippen molar-refractivity contribution in [1.82, 2.24) is 0 Å². The van der Waals surface area contributed by atoms with Gasteiger partial charge in [0.15, 0.2) is 0 Å². The summed E-state index contributed by atoms with van der Waals surface area (Å²) < 4.78 is 0. The van der Waals surface area contributed by atoms with Crippen molar-refractivity contribution in [2.75, 3.05) is 0 Å². The van der Waals surface area contributed by atoms with Crippen molar-refractivity contribution >= 4 is 0 Å². The van der Waals surface area contributed by atoms with Crippen LogP contribution in [-0.4, -0.2) is 0 Å². The molecule has 0 saturated heterocycles. The fraction of sp³-hybridized carbons (Fsp3) is 0.200.